The van der Waals surface area contributed by atoms with Gasteiger partial charge in [0.2, 0.25) is 0 Å². The Kier molecular flexibility index (Phi) is 11.6. The average molecular weight is 750 g/mol. The second-order valence-electron chi connectivity index (χ2n) is 16.2. The van der Waals surface area contributed by atoms with Gasteiger partial charge in [0.1, 0.15) is 19.5 Å². The Morgan fingerprint density at radius 1 is 0.714 bits per heavy atom. The molecule has 7 rings (SSSR count). The molecule has 56 heavy (non-hydrogen) atoms. The molecular weight excluding hydrogens is 699 g/mol. The summed E-state index contributed by atoms with van der Waals surface area (Å²) in [7, 11) is 6.73. The molecule has 1 fully saturated rings. The van der Waals surface area contributed by atoms with Gasteiger partial charge in [0, 0.05) is 18.2 Å². The highest BCUT2D eigenvalue weighted by molar-refractivity contribution is 6.33. The number of anilines is 1. The van der Waals surface area contributed by atoms with Gasteiger partial charge in [0.05, 0.1) is 17.7 Å². The van der Waals surface area contributed by atoms with Gasteiger partial charge in [-0.05, 0) is 70.2 Å². The van der Waals surface area contributed by atoms with Crippen LogP contribution in [0.3, 0.4) is 0 Å². The molecule has 0 amide bonds. The first kappa shape index (κ1) is 39.1. The van der Waals surface area contributed by atoms with E-state index in [1.54, 1.807) is 4.80 Å². The van der Waals surface area contributed by atoms with Gasteiger partial charge >= 0.3 is 0 Å². The van der Waals surface area contributed by atoms with Crippen molar-refractivity contribution in [2.45, 2.75) is 87.9 Å². The van der Waals surface area contributed by atoms with Gasteiger partial charge < -0.3 is 15.7 Å². The van der Waals surface area contributed by atoms with E-state index in [0.29, 0.717) is 5.56 Å². The maximum absolute atomic E-state index is 14.6. The molecule has 5 aromatic carbocycles. The summed E-state index contributed by atoms with van der Waals surface area (Å²) in [5.41, 5.74) is 4.36. The van der Waals surface area contributed by atoms with Crippen molar-refractivity contribution in [1.82, 2.24) is 20.3 Å². The van der Waals surface area contributed by atoms with E-state index in [1.807, 2.05) is 91.0 Å². The third-order valence-corrected chi connectivity index (χ3v) is 11.3. The lowest BCUT2D eigenvalue weighted by Crippen LogP contribution is -2.51. The number of hydrogen-bond acceptors (Lipinski definition) is 5. The minimum absolute atomic E-state index is 0.0167. The minimum Gasteiger partial charge on any atom is -0.390 e. The van der Waals surface area contributed by atoms with Gasteiger partial charge in [0.25, 0.3) is 0 Å². The van der Waals surface area contributed by atoms with E-state index in [0.717, 1.165) is 54.9 Å². The fraction of sp³-hybridized carbons (Fsp3) is 0.319. The van der Waals surface area contributed by atoms with Crippen LogP contribution in [0, 0.1) is 11.6 Å². The Bertz CT molecular complexity index is 2080. The van der Waals surface area contributed by atoms with Crippen molar-refractivity contribution in [2.75, 3.05) is 11.9 Å². The Morgan fingerprint density at radius 3 is 1.79 bits per heavy atom. The number of benzene rings is 5. The molecule has 1 aliphatic rings. The van der Waals surface area contributed by atoms with E-state index in [2.05, 4.69) is 55.7 Å². The van der Waals surface area contributed by atoms with Crippen molar-refractivity contribution in [2.24, 2.45) is 0 Å². The van der Waals surface area contributed by atoms with Crippen LogP contribution in [0.25, 0.3) is 0 Å². The summed E-state index contributed by atoms with van der Waals surface area (Å²) in [5.74, 6) is -1.12. The third kappa shape index (κ3) is 8.20. The number of aliphatic hydroxyl groups is 1. The first-order valence-corrected chi connectivity index (χ1v) is 19.6. The second kappa shape index (κ2) is 16.5. The molecule has 1 aromatic heterocycles. The standard InChI is InChI=1S/C47H50BF2N5O/c1-45(2,3)37-23-16-24-38(30-37)46(25-14-7-15-26-46)51-32-42(56)41(29-33-27-39(49)31-40(50)28-33)52-44-43(48)53-55(54-44)47(34-17-8-4-9-18-34,35-19-10-5-11-20-35)36-21-12-6-13-22-36/h4-6,8-13,16-24,27-28,30-31,41-42,51,56H,7,14-15,25-26,29,32H2,1-3H3,(H,52,54). The average Bonchev–Trinajstić information content (AvgIpc) is 3.57. The molecule has 286 valence electrons. The Balaban J connectivity index is 1.27. The molecule has 6 nitrogen and oxygen atoms in total. The lowest BCUT2D eigenvalue weighted by atomic mass is 9.74. The fourth-order valence-corrected chi connectivity index (χ4v) is 8.35. The number of hydrogen-bond donors (Lipinski definition) is 3. The highest BCUT2D eigenvalue weighted by Crippen LogP contribution is 2.41. The number of nitrogens with one attached hydrogen (secondary N) is 2. The Morgan fingerprint density at radius 2 is 1.25 bits per heavy atom. The summed E-state index contributed by atoms with van der Waals surface area (Å²) in [6.07, 6.45) is 4.24. The fourth-order valence-electron chi connectivity index (χ4n) is 8.35. The quantitative estimate of drug-likeness (QED) is 0.0819. The predicted molar refractivity (Wildman–Crippen MR) is 221 cm³/mol. The monoisotopic (exact) mass is 749 g/mol. The first-order chi connectivity index (χ1) is 27.0. The van der Waals surface area contributed by atoms with Crippen molar-refractivity contribution < 1.29 is 13.9 Å². The summed E-state index contributed by atoms with van der Waals surface area (Å²) < 4.78 is 29.1. The topological polar surface area (TPSA) is 75.0 Å². The lowest BCUT2D eigenvalue weighted by Gasteiger charge is -2.41. The van der Waals surface area contributed by atoms with Crippen molar-refractivity contribution in [3.8, 4) is 0 Å². The van der Waals surface area contributed by atoms with Gasteiger partial charge in [-0.2, -0.15) is 9.90 Å². The van der Waals surface area contributed by atoms with Crippen LogP contribution in [0.15, 0.2) is 133 Å². The molecule has 0 bridgehead atoms. The molecule has 1 heterocycles. The molecule has 0 spiro atoms. The van der Waals surface area contributed by atoms with Gasteiger partial charge in [-0.15, -0.1) is 5.10 Å². The second-order valence-corrected chi connectivity index (χ2v) is 16.2. The van der Waals surface area contributed by atoms with Crippen LogP contribution in [-0.4, -0.2) is 46.6 Å². The molecule has 0 aliphatic heterocycles. The number of rotatable bonds is 13. The molecule has 1 aliphatic carbocycles. The van der Waals surface area contributed by atoms with Crippen molar-refractivity contribution in [1.29, 1.82) is 0 Å². The van der Waals surface area contributed by atoms with Gasteiger partial charge in [0.15, 0.2) is 11.4 Å². The summed E-state index contributed by atoms with van der Waals surface area (Å²) in [4.78, 5) is 1.63. The maximum Gasteiger partial charge on any atom is 0.161 e. The zero-order valence-electron chi connectivity index (χ0n) is 32.4. The largest absolute Gasteiger partial charge is 0.390 e. The van der Waals surface area contributed by atoms with E-state index in [4.69, 9.17) is 18.0 Å². The molecule has 6 aromatic rings. The molecule has 3 N–H and O–H groups in total. The predicted octanol–water partition coefficient (Wildman–Crippen LogP) is 8.32. The number of aromatic nitrogens is 3. The highest BCUT2D eigenvalue weighted by Gasteiger charge is 2.41. The molecule has 0 saturated heterocycles. The summed E-state index contributed by atoms with van der Waals surface area (Å²) >= 11 is 0. The van der Waals surface area contributed by atoms with Crippen LogP contribution >= 0.6 is 0 Å². The highest BCUT2D eigenvalue weighted by atomic mass is 19.1. The van der Waals surface area contributed by atoms with Gasteiger partial charge in [-0.1, -0.05) is 155 Å². The Labute approximate surface area is 330 Å². The van der Waals surface area contributed by atoms with Crippen LogP contribution in [0.5, 0.6) is 0 Å². The van der Waals surface area contributed by atoms with Gasteiger partial charge in [-0.25, -0.2) is 8.78 Å². The van der Waals surface area contributed by atoms with Crippen LogP contribution in [0.2, 0.25) is 0 Å². The number of nitrogens with zero attached hydrogens (tertiary/aromatic N) is 3. The Hall–Kier alpha value is -5.12. The zero-order chi connectivity index (χ0) is 39.3. The molecule has 2 radical (unpaired) electrons. The van der Waals surface area contributed by atoms with Crippen LogP contribution in [-0.2, 0) is 22.9 Å². The molecule has 2 unspecified atom stereocenters. The van der Waals surface area contributed by atoms with E-state index in [1.165, 1.54) is 23.3 Å². The number of aliphatic hydroxyl groups excluding tert-OH is 1. The van der Waals surface area contributed by atoms with E-state index >= 15 is 0 Å². The van der Waals surface area contributed by atoms with E-state index < -0.39 is 29.3 Å². The van der Waals surface area contributed by atoms with Crippen molar-refractivity contribution in [3.05, 3.63) is 178 Å². The van der Waals surface area contributed by atoms with Gasteiger partial charge in [-0.3, -0.25) is 0 Å². The van der Waals surface area contributed by atoms with Crippen LogP contribution < -0.4 is 16.2 Å². The van der Waals surface area contributed by atoms with Crippen LogP contribution in [0.4, 0.5) is 14.6 Å². The van der Waals surface area contributed by atoms with Crippen molar-refractivity contribution >= 4 is 19.3 Å². The van der Waals surface area contributed by atoms with E-state index in [-0.39, 0.29) is 35.3 Å². The van der Waals surface area contributed by atoms with E-state index in [9.17, 15) is 13.9 Å². The molecule has 9 heteroatoms. The summed E-state index contributed by atoms with van der Waals surface area (Å²) in [6.45, 7) is 6.86. The lowest BCUT2D eigenvalue weighted by molar-refractivity contribution is 0.122. The molecule has 1 saturated carbocycles. The summed E-state index contributed by atoms with van der Waals surface area (Å²) in [6, 6.07) is 41.5. The number of halogens is 2. The summed E-state index contributed by atoms with van der Waals surface area (Å²) in [5, 5.41) is 29.2. The maximum atomic E-state index is 14.6. The smallest absolute Gasteiger partial charge is 0.161 e. The first-order valence-electron chi connectivity index (χ1n) is 19.6. The zero-order valence-corrected chi connectivity index (χ0v) is 32.4. The minimum atomic E-state index is -1.02. The third-order valence-electron chi connectivity index (χ3n) is 11.3. The molecular formula is C47H50BF2N5O. The SMILES string of the molecule is [B]c1nn(C(c2ccccc2)(c2ccccc2)c2ccccc2)nc1NC(Cc1cc(F)cc(F)c1)C(O)CNC1(c2cccc(C(C)(C)C)c2)CCCCC1. The van der Waals surface area contributed by atoms with Crippen LogP contribution in [0.1, 0.15) is 86.3 Å². The normalized spacial score (nSPS) is 15.6. The molecule has 2 atom stereocenters. The van der Waals surface area contributed by atoms with Crippen molar-refractivity contribution in [3.63, 3.8) is 0 Å².